The van der Waals surface area contributed by atoms with Gasteiger partial charge in [0.25, 0.3) is 5.69 Å². The van der Waals surface area contributed by atoms with Crippen molar-refractivity contribution in [2.24, 2.45) is 0 Å². The van der Waals surface area contributed by atoms with Crippen molar-refractivity contribution in [3.05, 3.63) is 46.5 Å². The number of aryl methyl sites for hydroxylation is 2. The highest BCUT2D eigenvalue weighted by Gasteiger charge is 2.11. The summed E-state index contributed by atoms with van der Waals surface area (Å²) in [5, 5.41) is 17.3. The Morgan fingerprint density at radius 1 is 1.50 bits per heavy atom. The Bertz CT molecular complexity index is 624. The van der Waals surface area contributed by atoms with E-state index in [1.807, 2.05) is 0 Å². The highest BCUT2D eigenvalue weighted by Crippen LogP contribution is 2.21. The Kier molecular flexibility index (Phi) is 4.04. The molecular formula is C12H13N5O3. The van der Waals surface area contributed by atoms with Crippen molar-refractivity contribution in [1.29, 1.82) is 0 Å². The molecule has 20 heavy (non-hydrogen) atoms. The minimum absolute atomic E-state index is 0.0535. The average Bonchev–Trinajstić information content (AvgIpc) is 2.92. The molecule has 1 aromatic carbocycles. The van der Waals surface area contributed by atoms with Gasteiger partial charge in [0.1, 0.15) is 12.7 Å². The van der Waals surface area contributed by atoms with Gasteiger partial charge in [0, 0.05) is 18.6 Å². The van der Waals surface area contributed by atoms with E-state index >= 15 is 0 Å². The number of hydrogen-bond acceptors (Lipinski definition) is 5. The fourth-order valence-corrected chi connectivity index (χ4v) is 1.64. The number of nitrogens with one attached hydrogen (secondary N) is 1. The van der Waals surface area contributed by atoms with Crippen LogP contribution in [-0.2, 0) is 11.3 Å². The van der Waals surface area contributed by atoms with Gasteiger partial charge < -0.3 is 5.32 Å². The highest BCUT2D eigenvalue weighted by atomic mass is 16.6. The Labute approximate surface area is 114 Å². The summed E-state index contributed by atoms with van der Waals surface area (Å²) in [6.45, 7) is 2.18. The molecule has 1 heterocycles. The minimum atomic E-state index is -0.496. The van der Waals surface area contributed by atoms with Crippen LogP contribution in [0.5, 0.6) is 0 Å². The van der Waals surface area contributed by atoms with Crippen LogP contribution in [0.25, 0.3) is 0 Å². The van der Waals surface area contributed by atoms with E-state index in [-0.39, 0.29) is 18.0 Å². The number of carbonyl (C=O) groups is 1. The van der Waals surface area contributed by atoms with E-state index in [0.717, 1.165) is 5.56 Å². The molecule has 8 heteroatoms. The molecule has 0 radical (unpaired) electrons. The number of nitrogens with zero attached hydrogens (tertiary/aromatic N) is 4. The number of nitro benzene ring substituents is 1. The highest BCUT2D eigenvalue weighted by molar-refractivity contribution is 5.91. The fraction of sp³-hybridized carbons (Fsp3) is 0.250. The van der Waals surface area contributed by atoms with Crippen molar-refractivity contribution in [3.63, 3.8) is 0 Å². The van der Waals surface area contributed by atoms with Crippen molar-refractivity contribution in [1.82, 2.24) is 14.8 Å². The Balaban J connectivity index is 2.00. The molecule has 2 aromatic rings. The number of carbonyl (C=O) groups excluding carboxylic acids is 1. The minimum Gasteiger partial charge on any atom is -0.326 e. The number of nitro groups is 1. The molecule has 0 unspecified atom stereocenters. The van der Waals surface area contributed by atoms with Crippen LogP contribution in [-0.4, -0.2) is 25.6 Å². The lowest BCUT2D eigenvalue weighted by Crippen LogP contribution is -2.15. The van der Waals surface area contributed by atoms with Gasteiger partial charge >= 0.3 is 0 Å². The van der Waals surface area contributed by atoms with Crippen molar-refractivity contribution >= 4 is 17.3 Å². The Hall–Kier alpha value is -2.77. The van der Waals surface area contributed by atoms with E-state index in [4.69, 9.17) is 0 Å². The first-order valence-corrected chi connectivity index (χ1v) is 5.93. The lowest BCUT2D eigenvalue weighted by molar-refractivity contribution is -0.384. The number of benzene rings is 1. The number of aromatic nitrogens is 3. The summed E-state index contributed by atoms with van der Waals surface area (Å²) in [5.41, 5.74) is 1.16. The smallest absolute Gasteiger partial charge is 0.271 e. The topological polar surface area (TPSA) is 103 Å². The molecule has 0 saturated carbocycles. The standard InChI is InChI=1S/C12H13N5O3/c1-9-2-3-10(17(19)20)6-11(9)15-12(18)4-5-16-8-13-7-14-16/h2-3,6-8H,4-5H2,1H3,(H,15,18). The molecule has 0 saturated heterocycles. The molecule has 0 aliphatic rings. The number of anilines is 1. The SMILES string of the molecule is Cc1ccc([N+](=O)[O-])cc1NC(=O)CCn1cncn1. The Morgan fingerprint density at radius 3 is 2.95 bits per heavy atom. The quantitative estimate of drug-likeness (QED) is 0.658. The molecule has 1 N–H and O–H groups in total. The summed E-state index contributed by atoms with van der Waals surface area (Å²) >= 11 is 0. The summed E-state index contributed by atoms with van der Waals surface area (Å²) in [5.74, 6) is -0.232. The van der Waals surface area contributed by atoms with Gasteiger partial charge in [0.05, 0.1) is 17.2 Å². The fourth-order valence-electron chi connectivity index (χ4n) is 1.64. The molecule has 104 valence electrons. The normalized spacial score (nSPS) is 10.2. The molecule has 2 rings (SSSR count). The van der Waals surface area contributed by atoms with Crippen LogP contribution < -0.4 is 5.32 Å². The van der Waals surface area contributed by atoms with Crippen molar-refractivity contribution in [2.45, 2.75) is 19.9 Å². The maximum absolute atomic E-state index is 11.8. The van der Waals surface area contributed by atoms with Gasteiger partial charge in [0.15, 0.2) is 0 Å². The maximum atomic E-state index is 11.8. The van der Waals surface area contributed by atoms with E-state index in [9.17, 15) is 14.9 Å². The summed E-state index contributed by atoms with van der Waals surface area (Å²) in [6.07, 6.45) is 3.12. The van der Waals surface area contributed by atoms with E-state index in [1.54, 1.807) is 17.7 Å². The van der Waals surface area contributed by atoms with Crippen LogP contribution >= 0.6 is 0 Å². The molecule has 8 nitrogen and oxygen atoms in total. The third kappa shape index (κ3) is 3.37. The first-order chi connectivity index (χ1) is 9.56. The van der Waals surface area contributed by atoms with Crippen molar-refractivity contribution in [3.8, 4) is 0 Å². The monoisotopic (exact) mass is 275 g/mol. The molecule has 0 aliphatic carbocycles. The lowest BCUT2D eigenvalue weighted by atomic mass is 10.2. The molecule has 0 atom stereocenters. The largest absolute Gasteiger partial charge is 0.326 e. The van der Waals surface area contributed by atoms with Gasteiger partial charge in [-0.3, -0.25) is 19.6 Å². The van der Waals surface area contributed by atoms with Gasteiger partial charge in [-0.25, -0.2) is 4.98 Å². The molecule has 0 fully saturated rings. The van der Waals surface area contributed by atoms with Gasteiger partial charge in [-0.1, -0.05) is 6.07 Å². The summed E-state index contributed by atoms with van der Waals surface area (Å²) in [4.78, 5) is 25.8. The zero-order valence-corrected chi connectivity index (χ0v) is 10.8. The van der Waals surface area contributed by atoms with Crippen molar-refractivity contribution in [2.75, 3.05) is 5.32 Å². The molecule has 0 bridgehead atoms. The first-order valence-electron chi connectivity index (χ1n) is 5.93. The van der Waals surface area contributed by atoms with Crippen molar-refractivity contribution < 1.29 is 9.72 Å². The summed E-state index contributed by atoms with van der Waals surface area (Å²) < 4.78 is 1.54. The van der Waals surface area contributed by atoms with Gasteiger partial charge in [-0.05, 0) is 12.5 Å². The molecule has 1 aromatic heterocycles. The van der Waals surface area contributed by atoms with Crippen LogP contribution in [0, 0.1) is 17.0 Å². The van der Waals surface area contributed by atoms with Crippen LogP contribution in [0.4, 0.5) is 11.4 Å². The number of amides is 1. The maximum Gasteiger partial charge on any atom is 0.271 e. The summed E-state index contributed by atoms with van der Waals surface area (Å²) in [6, 6.07) is 4.36. The van der Waals surface area contributed by atoms with Crippen LogP contribution in [0.15, 0.2) is 30.9 Å². The number of non-ortho nitro benzene ring substituents is 1. The van der Waals surface area contributed by atoms with Gasteiger partial charge in [0.2, 0.25) is 5.91 Å². The second-order valence-corrected chi connectivity index (χ2v) is 4.21. The molecule has 0 aliphatic heterocycles. The zero-order valence-electron chi connectivity index (χ0n) is 10.8. The second-order valence-electron chi connectivity index (χ2n) is 4.21. The van der Waals surface area contributed by atoms with E-state index in [2.05, 4.69) is 15.4 Å². The second kappa shape index (κ2) is 5.91. The Morgan fingerprint density at radius 2 is 2.30 bits per heavy atom. The van der Waals surface area contributed by atoms with E-state index < -0.39 is 4.92 Å². The van der Waals surface area contributed by atoms with Gasteiger partial charge in [-0.15, -0.1) is 0 Å². The van der Waals surface area contributed by atoms with E-state index in [0.29, 0.717) is 12.2 Å². The molecule has 0 spiro atoms. The van der Waals surface area contributed by atoms with Crippen LogP contribution in [0.2, 0.25) is 0 Å². The predicted molar refractivity (Wildman–Crippen MR) is 71.1 cm³/mol. The van der Waals surface area contributed by atoms with Crippen LogP contribution in [0.1, 0.15) is 12.0 Å². The average molecular weight is 275 g/mol. The molecule has 1 amide bonds. The van der Waals surface area contributed by atoms with Gasteiger partial charge in [-0.2, -0.15) is 5.10 Å². The third-order valence-corrected chi connectivity index (χ3v) is 2.74. The summed E-state index contributed by atoms with van der Waals surface area (Å²) in [7, 11) is 0. The van der Waals surface area contributed by atoms with Crippen LogP contribution in [0.3, 0.4) is 0 Å². The predicted octanol–water partition coefficient (Wildman–Crippen LogP) is 1.52. The zero-order chi connectivity index (χ0) is 14.5. The lowest BCUT2D eigenvalue weighted by Gasteiger charge is -2.08. The van der Waals surface area contributed by atoms with E-state index in [1.165, 1.54) is 24.8 Å². The number of rotatable bonds is 5. The molecular weight excluding hydrogens is 262 g/mol. The third-order valence-electron chi connectivity index (χ3n) is 2.74. The first kappa shape index (κ1) is 13.7. The number of hydrogen-bond donors (Lipinski definition) is 1.